The van der Waals surface area contributed by atoms with Crippen LogP contribution in [0.4, 0.5) is 0 Å². The van der Waals surface area contributed by atoms with E-state index in [-0.39, 0.29) is 0 Å². The van der Waals surface area contributed by atoms with E-state index in [9.17, 15) is 9.59 Å². The first-order chi connectivity index (χ1) is 16.7. The molecule has 0 atom stereocenters. The zero-order valence-corrected chi connectivity index (χ0v) is 21.1. The Labute approximate surface area is 206 Å². The van der Waals surface area contributed by atoms with E-state index in [1.165, 1.54) is 89.2 Å². The molecule has 0 amide bonds. The average Bonchev–Trinajstić information content (AvgIpc) is 2.91. The summed E-state index contributed by atoms with van der Waals surface area (Å²) in [7, 11) is 0. The minimum Gasteiger partial charge on any atom is -0.364 e. The van der Waals surface area contributed by atoms with Crippen molar-refractivity contribution in [3.05, 3.63) is 12.2 Å². The van der Waals surface area contributed by atoms with Crippen LogP contribution in [-0.2, 0) is 19.3 Å². The Morgan fingerprint density at radius 1 is 0.441 bits per heavy atom. The molecule has 0 heterocycles. The second-order valence-corrected chi connectivity index (χ2v) is 11.0. The second-order valence-electron chi connectivity index (χ2n) is 11.0. The Morgan fingerprint density at radius 3 is 0.912 bits per heavy atom. The minimum absolute atomic E-state index is 0.314. The first kappa shape index (κ1) is 25.7. The topological polar surface area (TPSA) is 59.1 Å². The van der Waals surface area contributed by atoms with Crippen molar-refractivity contribution in [1.29, 1.82) is 0 Å². The third-order valence-corrected chi connectivity index (χ3v) is 8.48. The zero-order chi connectivity index (χ0) is 23.6. The highest BCUT2D eigenvalue weighted by Gasteiger charge is 2.33. The molecule has 0 N–H and O–H groups in total. The molecule has 0 radical (unpaired) electrons. The highest BCUT2D eigenvalue weighted by Crippen LogP contribution is 2.32. The van der Waals surface area contributed by atoms with Gasteiger partial charge in [0.15, 0.2) is 0 Å². The molecule has 0 saturated heterocycles. The molecule has 34 heavy (non-hydrogen) atoms. The van der Waals surface area contributed by atoms with Crippen molar-refractivity contribution in [2.75, 3.05) is 0 Å². The fourth-order valence-electron chi connectivity index (χ4n) is 6.64. The largest absolute Gasteiger partial charge is 0.364 e. The lowest BCUT2D eigenvalue weighted by atomic mass is 9.90. The Bertz CT molecular complexity index is 565. The van der Waals surface area contributed by atoms with Crippen molar-refractivity contribution < 1.29 is 19.3 Å². The third-order valence-electron chi connectivity index (χ3n) is 8.48. The molecule has 4 aliphatic carbocycles. The fourth-order valence-corrected chi connectivity index (χ4v) is 6.64. The van der Waals surface area contributed by atoms with E-state index in [0.29, 0.717) is 24.2 Å². The summed E-state index contributed by atoms with van der Waals surface area (Å²) in [6.45, 7) is 0. The molecule has 4 fully saturated rings. The van der Waals surface area contributed by atoms with Crippen LogP contribution in [0.15, 0.2) is 12.2 Å². The summed E-state index contributed by atoms with van der Waals surface area (Å²) in [6, 6.07) is 1.26. The number of nitrogens with zero attached hydrogens (tertiary/aromatic N) is 2. The predicted octanol–water partition coefficient (Wildman–Crippen LogP) is 6.39. The van der Waals surface area contributed by atoms with E-state index in [2.05, 4.69) is 0 Å². The molecule has 0 spiro atoms. The van der Waals surface area contributed by atoms with E-state index in [4.69, 9.17) is 9.68 Å². The summed E-state index contributed by atoms with van der Waals surface area (Å²) < 4.78 is 0. The minimum atomic E-state index is -0.449. The Hall–Kier alpha value is -1.40. The maximum Gasteiger partial charge on any atom is 0.349 e. The Morgan fingerprint density at radius 2 is 0.676 bits per heavy atom. The fraction of sp³-hybridized carbons (Fsp3) is 0.857. The first-order valence-corrected chi connectivity index (χ1v) is 14.4. The van der Waals surface area contributed by atoms with Crippen LogP contribution in [0, 0.1) is 0 Å². The van der Waals surface area contributed by atoms with Gasteiger partial charge in [-0.3, -0.25) is 0 Å². The van der Waals surface area contributed by atoms with Crippen molar-refractivity contribution in [1.82, 2.24) is 10.1 Å². The molecule has 0 aromatic carbocycles. The van der Waals surface area contributed by atoms with Gasteiger partial charge in [-0.25, -0.2) is 9.59 Å². The zero-order valence-electron chi connectivity index (χ0n) is 21.1. The molecule has 0 aliphatic heterocycles. The second kappa shape index (κ2) is 13.6. The van der Waals surface area contributed by atoms with Gasteiger partial charge in [0.1, 0.15) is 0 Å². The van der Waals surface area contributed by atoms with E-state index in [1.807, 2.05) is 10.1 Å². The highest BCUT2D eigenvalue weighted by atomic mass is 16.7. The van der Waals surface area contributed by atoms with Gasteiger partial charge >= 0.3 is 11.9 Å². The number of rotatable bonds is 8. The molecule has 0 aromatic rings. The molecule has 4 aliphatic rings. The molecule has 0 unspecified atom stereocenters. The summed E-state index contributed by atoms with van der Waals surface area (Å²) >= 11 is 0. The van der Waals surface area contributed by atoms with Crippen molar-refractivity contribution in [3.8, 4) is 0 Å². The van der Waals surface area contributed by atoms with E-state index in [1.54, 1.807) is 0 Å². The van der Waals surface area contributed by atoms with Gasteiger partial charge in [-0.1, -0.05) is 77.0 Å². The van der Waals surface area contributed by atoms with Crippen molar-refractivity contribution >= 4 is 11.9 Å². The van der Waals surface area contributed by atoms with Crippen molar-refractivity contribution in [3.63, 3.8) is 0 Å². The summed E-state index contributed by atoms with van der Waals surface area (Å²) in [5, 5.41) is 4.01. The lowest BCUT2D eigenvalue weighted by Crippen LogP contribution is -2.46. The number of carbonyl (C=O) groups excluding carboxylic acids is 2. The number of hydrogen-bond acceptors (Lipinski definition) is 6. The van der Waals surface area contributed by atoms with E-state index >= 15 is 0 Å². The van der Waals surface area contributed by atoms with Gasteiger partial charge in [0.05, 0.1) is 0 Å². The molecular formula is C28H46N2O4. The van der Waals surface area contributed by atoms with Crippen molar-refractivity contribution in [2.24, 2.45) is 0 Å². The van der Waals surface area contributed by atoms with Crippen LogP contribution < -0.4 is 0 Å². The maximum absolute atomic E-state index is 12.8. The van der Waals surface area contributed by atoms with E-state index in [0.717, 1.165) is 51.4 Å². The van der Waals surface area contributed by atoms with Gasteiger partial charge in [0.25, 0.3) is 0 Å². The number of hydroxylamine groups is 4. The summed E-state index contributed by atoms with van der Waals surface area (Å²) in [5.74, 6) is -0.898. The van der Waals surface area contributed by atoms with Gasteiger partial charge in [-0.15, -0.1) is 10.1 Å². The van der Waals surface area contributed by atoms with Crippen LogP contribution in [0.2, 0.25) is 0 Å². The van der Waals surface area contributed by atoms with E-state index < -0.39 is 11.9 Å². The summed E-state index contributed by atoms with van der Waals surface area (Å²) in [5.41, 5.74) is 0. The molecule has 6 heteroatoms. The molecule has 0 aromatic heterocycles. The lowest BCUT2D eigenvalue weighted by Gasteiger charge is -2.39. The van der Waals surface area contributed by atoms with Crippen LogP contribution in [0.25, 0.3) is 0 Å². The van der Waals surface area contributed by atoms with Gasteiger partial charge in [-0.05, 0) is 51.4 Å². The first-order valence-electron chi connectivity index (χ1n) is 14.4. The Kier molecular flexibility index (Phi) is 10.3. The number of carbonyl (C=O) groups is 2. The van der Waals surface area contributed by atoms with Crippen LogP contribution >= 0.6 is 0 Å². The van der Waals surface area contributed by atoms with Gasteiger partial charge in [0.2, 0.25) is 0 Å². The molecule has 4 rings (SSSR count). The molecular weight excluding hydrogens is 428 g/mol. The van der Waals surface area contributed by atoms with Crippen LogP contribution in [0.3, 0.4) is 0 Å². The van der Waals surface area contributed by atoms with Gasteiger partial charge in [0, 0.05) is 36.3 Å². The van der Waals surface area contributed by atoms with Gasteiger partial charge < -0.3 is 9.68 Å². The normalized spacial score (nSPS) is 24.6. The van der Waals surface area contributed by atoms with Crippen LogP contribution in [-0.4, -0.2) is 46.2 Å². The lowest BCUT2D eigenvalue weighted by molar-refractivity contribution is -0.219. The van der Waals surface area contributed by atoms with Crippen LogP contribution in [0.5, 0.6) is 0 Å². The highest BCUT2D eigenvalue weighted by molar-refractivity contribution is 5.91. The predicted molar refractivity (Wildman–Crippen MR) is 132 cm³/mol. The quantitative estimate of drug-likeness (QED) is 0.300. The molecule has 0 bridgehead atoms. The monoisotopic (exact) mass is 474 g/mol. The third kappa shape index (κ3) is 7.55. The average molecular weight is 475 g/mol. The Balaban J connectivity index is 1.34. The standard InChI is InChI=1S/C28H46N2O4/c31-27(33-29(23-13-5-1-6-14-23)24-15-7-2-8-16-24)21-22-28(32)34-30(25-17-9-3-10-18-25)26-19-11-4-12-20-26/h21-26H,1-20H2/b22-21+. The van der Waals surface area contributed by atoms with Crippen molar-refractivity contribution in [2.45, 2.75) is 153 Å². The maximum atomic E-state index is 12.8. The smallest absolute Gasteiger partial charge is 0.349 e. The summed E-state index contributed by atoms with van der Waals surface area (Å²) in [4.78, 5) is 37.3. The SMILES string of the molecule is O=C(/C=C/C(=O)ON(C1CCCCC1)C1CCCCC1)ON(C1CCCCC1)C1CCCCC1. The van der Waals surface area contributed by atoms with Crippen LogP contribution in [0.1, 0.15) is 128 Å². The number of hydrogen-bond donors (Lipinski definition) is 0. The summed E-state index contributed by atoms with van der Waals surface area (Å²) in [6.07, 6.45) is 26.0. The molecule has 6 nitrogen and oxygen atoms in total. The van der Waals surface area contributed by atoms with Gasteiger partial charge in [-0.2, -0.15) is 0 Å². The molecule has 4 saturated carbocycles. The molecule has 192 valence electrons.